The van der Waals surface area contributed by atoms with E-state index in [2.05, 4.69) is 15.3 Å². The lowest BCUT2D eigenvalue weighted by molar-refractivity contribution is 0.102. The summed E-state index contributed by atoms with van der Waals surface area (Å²) in [7, 11) is 0. The Balaban J connectivity index is 1.50. The first kappa shape index (κ1) is 21.5. The maximum absolute atomic E-state index is 13.9. The molecule has 0 aliphatic heterocycles. The molecule has 0 unspecified atom stereocenters. The number of carbonyl (C=O) groups is 1. The summed E-state index contributed by atoms with van der Waals surface area (Å²) in [6.07, 6.45) is 1.33. The van der Waals surface area contributed by atoms with Crippen LogP contribution in [0, 0.1) is 25.5 Å². The SMILES string of the molecule is Cc1cc(C)nc(-c2csc(NC(=O)c3ccn(Cc4c(F)cccc4F)c(=O)c3)n2)c1. The van der Waals surface area contributed by atoms with Crippen LogP contribution in [-0.2, 0) is 6.54 Å². The highest BCUT2D eigenvalue weighted by atomic mass is 32.1. The van der Waals surface area contributed by atoms with Gasteiger partial charge in [-0.2, -0.15) is 0 Å². The number of hydrogen-bond donors (Lipinski definition) is 1. The van der Waals surface area contributed by atoms with Gasteiger partial charge in [0.15, 0.2) is 5.13 Å². The molecule has 3 aromatic heterocycles. The van der Waals surface area contributed by atoms with Crippen molar-refractivity contribution in [1.82, 2.24) is 14.5 Å². The van der Waals surface area contributed by atoms with Crippen LogP contribution in [0.4, 0.5) is 13.9 Å². The van der Waals surface area contributed by atoms with Crippen molar-refractivity contribution >= 4 is 22.4 Å². The van der Waals surface area contributed by atoms with Crippen molar-refractivity contribution in [2.45, 2.75) is 20.4 Å². The smallest absolute Gasteiger partial charge is 0.257 e. The Bertz CT molecular complexity index is 1340. The van der Waals surface area contributed by atoms with Crippen LogP contribution in [0.25, 0.3) is 11.4 Å². The minimum atomic E-state index is -0.739. The van der Waals surface area contributed by atoms with Gasteiger partial charge in [-0.15, -0.1) is 11.3 Å². The van der Waals surface area contributed by atoms with Crippen LogP contribution in [0.5, 0.6) is 0 Å². The minimum Gasteiger partial charge on any atom is -0.311 e. The second-order valence-electron chi connectivity index (χ2n) is 7.24. The molecule has 1 amide bonds. The summed E-state index contributed by atoms with van der Waals surface area (Å²) in [4.78, 5) is 33.8. The highest BCUT2D eigenvalue weighted by Crippen LogP contribution is 2.25. The van der Waals surface area contributed by atoms with Gasteiger partial charge in [0.25, 0.3) is 11.5 Å². The molecule has 0 bridgehead atoms. The van der Waals surface area contributed by atoms with Crippen molar-refractivity contribution in [3.63, 3.8) is 0 Å². The molecule has 0 saturated carbocycles. The van der Waals surface area contributed by atoms with E-state index in [1.807, 2.05) is 26.0 Å². The zero-order valence-corrected chi connectivity index (χ0v) is 18.0. The first-order chi connectivity index (χ1) is 15.3. The summed E-state index contributed by atoms with van der Waals surface area (Å²) in [6.45, 7) is 3.59. The first-order valence-electron chi connectivity index (χ1n) is 9.66. The number of thiazole rings is 1. The second-order valence-corrected chi connectivity index (χ2v) is 8.10. The molecule has 0 spiro atoms. The molecular weight excluding hydrogens is 434 g/mol. The van der Waals surface area contributed by atoms with E-state index in [1.54, 1.807) is 5.38 Å². The van der Waals surface area contributed by atoms with Crippen LogP contribution in [0.1, 0.15) is 27.2 Å². The maximum atomic E-state index is 13.9. The van der Waals surface area contributed by atoms with E-state index in [1.165, 1.54) is 29.7 Å². The maximum Gasteiger partial charge on any atom is 0.257 e. The van der Waals surface area contributed by atoms with Crippen molar-refractivity contribution in [3.8, 4) is 11.4 Å². The Hall–Kier alpha value is -3.72. The van der Waals surface area contributed by atoms with Crippen LogP contribution in [0.15, 0.2) is 58.8 Å². The molecule has 4 aromatic rings. The van der Waals surface area contributed by atoms with Crippen LogP contribution < -0.4 is 10.9 Å². The number of aromatic nitrogens is 3. The van der Waals surface area contributed by atoms with Crippen molar-refractivity contribution in [3.05, 3.63) is 98.4 Å². The second kappa shape index (κ2) is 8.80. The standard InChI is InChI=1S/C23H18F2N4O2S/c1-13-8-14(2)26-19(9-13)20-12-32-23(27-20)28-22(31)15-6-7-29(21(30)10-15)11-16-17(24)4-3-5-18(16)25/h3-10,12H,11H2,1-2H3,(H,27,28,31). The molecule has 162 valence electrons. The topological polar surface area (TPSA) is 76.9 Å². The van der Waals surface area contributed by atoms with E-state index < -0.39 is 23.1 Å². The third-order valence-corrected chi connectivity index (χ3v) is 5.49. The Morgan fingerprint density at radius 3 is 2.50 bits per heavy atom. The lowest BCUT2D eigenvalue weighted by Crippen LogP contribution is -2.23. The number of hydrogen-bond acceptors (Lipinski definition) is 5. The molecular formula is C23H18F2N4O2S. The molecule has 0 saturated heterocycles. The molecule has 6 nitrogen and oxygen atoms in total. The number of anilines is 1. The zero-order chi connectivity index (χ0) is 22.8. The van der Waals surface area contributed by atoms with Gasteiger partial charge in [0.05, 0.1) is 12.2 Å². The van der Waals surface area contributed by atoms with Crippen LogP contribution in [0.3, 0.4) is 0 Å². The Morgan fingerprint density at radius 1 is 1.06 bits per heavy atom. The van der Waals surface area contributed by atoms with Gasteiger partial charge in [-0.25, -0.2) is 13.8 Å². The summed E-state index contributed by atoms with van der Waals surface area (Å²) in [5, 5.41) is 4.82. The van der Waals surface area contributed by atoms with E-state index in [9.17, 15) is 18.4 Å². The molecule has 3 heterocycles. The molecule has 9 heteroatoms. The number of nitrogens with zero attached hydrogens (tertiary/aromatic N) is 3. The van der Waals surface area contributed by atoms with E-state index >= 15 is 0 Å². The van der Waals surface area contributed by atoms with Crippen molar-refractivity contribution in [1.29, 1.82) is 0 Å². The fourth-order valence-corrected chi connectivity index (χ4v) is 3.92. The van der Waals surface area contributed by atoms with Crippen molar-refractivity contribution in [2.24, 2.45) is 0 Å². The number of rotatable bonds is 5. The first-order valence-corrected chi connectivity index (χ1v) is 10.5. The van der Waals surface area contributed by atoms with Gasteiger partial charge < -0.3 is 4.57 Å². The lowest BCUT2D eigenvalue weighted by atomic mass is 10.2. The quantitative estimate of drug-likeness (QED) is 0.482. The molecule has 0 radical (unpaired) electrons. The zero-order valence-electron chi connectivity index (χ0n) is 17.2. The summed E-state index contributed by atoms with van der Waals surface area (Å²) >= 11 is 1.24. The highest BCUT2D eigenvalue weighted by molar-refractivity contribution is 7.14. The largest absolute Gasteiger partial charge is 0.311 e. The predicted molar refractivity (Wildman–Crippen MR) is 119 cm³/mol. The van der Waals surface area contributed by atoms with Gasteiger partial charge in [0.1, 0.15) is 17.3 Å². The van der Waals surface area contributed by atoms with E-state index in [0.29, 0.717) is 16.5 Å². The van der Waals surface area contributed by atoms with Gasteiger partial charge in [0.2, 0.25) is 0 Å². The number of amides is 1. The molecule has 0 aliphatic rings. The molecule has 1 N–H and O–H groups in total. The molecule has 32 heavy (non-hydrogen) atoms. The summed E-state index contributed by atoms with van der Waals surface area (Å²) < 4.78 is 28.8. The van der Waals surface area contributed by atoms with E-state index in [-0.39, 0.29) is 17.7 Å². The average Bonchev–Trinajstić information content (AvgIpc) is 3.19. The van der Waals surface area contributed by atoms with Crippen LogP contribution in [-0.4, -0.2) is 20.4 Å². The molecule has 4 rings (SSSR count). The Morgan fingerprint density at radius 2 is 1.81 bits per heavy atom. The number of aryl methyl sites for hydroxylation is 2. The minimum absolute atomic E-state index is 0.113. The molecule has 0 fully saturated rings. The Labute approximate surface area is 186 Å². The average molecular weight is 452 g/mol. The van der Waals surface area contributed by atoms with E-state index in [4.69, 9.17) is 0 Å². The number of carbonyl (C=O) groups excluding carboxylic acids is 1. The van der Waals surface area contributed by atoms with Crippen LogP contribution in [0.2, 0.25) is 0 Å². The fourth-order valence-electron chi connectivity index (χ4n) is 3.22. The number of pyridine rings is 2. The summed E-state index contributed by atoms with van der Waals surface area (Å²) in [5.41, 5.74) is 2.61. The monoisotopic (exact) mass is 452 g/mol. The number of halogens is 2. The van der Waals surface area contributed by atoms with Gasteiger partial charge in [-0.1, -0.05) is 6.07 Å². The number of nitrogens with one attached hydrogen (secondary N) is 1. The molecule has 0 aliphatic carbocycles. The van der Waals surface area contributed by atoms with Crippen molar-refractivity contribution in [2.75, 3.05) is 5.32 Å². The van der Waals surface area contributed by atoms with Crippen molar-refractivity contribution < 1.29 is 13.6 Å². The van der Waals surface area contributed by atoms with Gasteiger partial charge >= 0.3 is 0 Å². The fraction of sp³-hybridized carbons (Fsp3) is 0.130. The predicted octanol–water partition coefficient (Wildman–Crippen LogP) is 4.56. The number of benzene rings is 1. The lowest BCUT2D eigenvalue weighted by Gasteiger charge is -2.09. The Kier molecular flexibility index (Phi) is 5.91. The molecule has 1 aromatic carbocycles. The molecule has 0 atom stereocenters. The van der Waals surface area contributed by atoms with Gasteiger partial charge in [-0.3, -0.25) is 19.9 Å². The van der Waals surface area contributed by atoms with Gasteiger partial charge in [-0.05, 0) is 49.7 Å². The van der Waals surface area contributed by atoms with Gasteiger partial charge in [0, 0.05) is 34.5 Å². The normalized spacial score (nSPS) is 10.9. The summed E-state index contributed by atoms with van der Waals surface area (Å²) in [5.74, 6) is -1.99. The van der Waals surface area contributed by atoms with E-state index in [0.717, 1.165) is 34.0 Å². The highest BCUT2D eigenvalue weighted by Gasteiger charge is 2.14. The van der Waals surface area contributed by atoms with Crippen LogP contribution >= 0.6 is 11.3 Å². The summed E-state index contributed by atoms with van der Waals surface area (Å²) in [6, 6.07) is 9.91. The third-order valence-electron chi connectivity index (χ3n) is 4.73. The third kappa shape index (κ3) is 4.62.